The molecule has 7 nitrogen and oxygen atoms in total. The second-order valence-corrected chi connectivity index (χ2v) is 4.79. The first-order chi connectivity index (χ1) is 9.61. The molecule has 1 saturated heterocycles. The molecule has 1 unspecified atom stereocenters. The number of carbonyl (C=O) groups excluding carboxylic acids is 2. The van der Waals surface area contributed by atoms with E-state index in [0.717, 1.165) is 5.82 Å². The van der Waals surface area contributed by atoms with Gasteiger partial charge >= 0.3 is 0 Å². The third kappa shape index (κ3) is 3.23. The van der Waals surface area contributed by atoms with Crippen molar-refractivity contribution in [2.45, 2.75) is 6.92 Å². The van der Waals surface area contributed by atoms with Crippen LogP contribution >= 0.6 is 0 Å². The molecule has 7 heteroatoms. The Morgan fingerprint density at radius 3 is 2.75 bits per heavy atom. The summed E-state index contributed by atoms with van der Waals surface area (Å²) < 4.78 is 0. The highest BCUT2D eigenvalue weighted by Crippen LogP contribution is 2.16. The van der Waals surface area contributed by atoms with Gasteiger partial charge in [-0.05, 0) is 6.07 Å². The van der Waals surface area contributed by atoms with Crippen LogP contribution in [0.5, 0.6) is 0 Å². The van der Waals surface area contributed by atoms with Crippen LogP contribution in [0.15, 0.2) is 18.6 Å². The lowest BCUT2D eigenvalue weighted by molar-refractivity contribution is -0.130. The summed E-state index contributed by atoms with van der Waals surface area (Å²) in [4.78, 5) is 35.4. The number of hydrogen-bond acceptors (Lipinski definition) is 5. The van der Waals surface area contributed by atoms with Crippen molar-refractivity contribution in [1.82, 2.24) is 20.2 Å². The molecule has 2 amide bonds. The van der Waals surface area contributed by atoms with Gasteiger partial charge in [-0.15, -0.1) is 0 Å². The number of hydrogen-bond donors (Lipinski definition) is 1. The van der Waals surface area contributed by atoms with E-state index in [1.165, 1.54) is 13.3 Å². The van der Waals surface area contributed by atoms with E-state index < -0.39 is 0 Å². The standard InChI is InChI=1S/C13H19N5O2/c1-10(19)17-5-6-18(12-3-4-15-9-16-12)8-11(7-17)13(20)14-2/h3-4,9,11H,5-8H2,1-2H3,(H,14,20). The Morgan fingerprint density at radius 2 is 2.15 bits per heavy atom. The molecule has 1 aromatic rings. The van der Waals surface area contributed by atoms with Crippen LogP contribution in [0.4, 0.5) is 5.82 Å². The van der Waals surface area contributed by atoms with Crippen molar-refractivity contribution in [3.05, 3.63) is 18.6 Å². The van der Waals surface area contributed by atoms with Crippen molar-refractivity contribution < 1.29 is 9.59 Å². The Hall–Kier alpha value is -2.18. The van der Waals surface area contributed by atoms with E-state index in [4.69, 9.17) is 0 Å². The second-order valence-electron chi connectivity index (χ2n) is 4.79. The minimum atomic E-state index is -0.263. The van der Waals surface area contributed by atoms with E-state index in [2.05, 4.69) is 15.3 Å². The fourth-order valence-electron chi connectivity index (χ4n) is 2.35. The summed E-state index contributed by atoms with van der Waals surface area (Å²) in [6, 6.07) is 1.81. The quantitative estimate of drug-likeness (QED) is 0.789. The first-order valence-corrected chi connectivity index (χ1v) is 6.60. The van der Waals surface area contributed by atoms with E-state index in [9.17, 15) is 9.59 Å². The predicted molar refractivity (Wildman–Crippen MR) is 74.1 cm³/mol. The highest BCUT2D eigenvalue weighted by atomic mass is 16.2. The Bertz CT molecular complexity index is 479. The molecule has 1 aliphatic rings. The molecular formula is C13H19N5O2. The Kier molecular flexibility index (Phi) is 4.49. The summed E-state index contributed by atoms with van der Waals surface area (Å²) in [6.45, 7) is 3.76. The molecule has 0 radical (unpaired) electrons. The van der Waals surface area contributed by atoms with Gasteiger partial charge in [0.25, 0.3) is 0 Å². The van der Waals surface area contributed by atoms with Crippen molar-refractivity contribution in [2.75, 3.05) is 38.1 Å². The molecule has 1 N–H and O–H groups in total. The molecule has 0 saturated carbocycles. The third-order valence-electron chi connectivity index (χ3n) is 3.47. The van der Waals surface area contributed by atoms with Crippen molar-refractivity contribution in [3.63, 3.8) is 0 Å². The van der Waals surface area contributed by atoms with Gasteiger partial charge in [0.15, 0.2) is 0 Å². The maximum atomic E-state index is 12.0. The molecule has 1 atom stereocenters. The van der Waals surface area contributed by atoms with Crippen LogP contribution in [0.1, 0.15) is 6.92 Å². The van der Waals surface area contributed by atoms with Gasteiger partial charge in [0.2, 0.25) is 11.8 Å². The SMILES string of the molecule is CNC(=O)C1CN(C(C)=O)CCN(c2ccncn2)C1. The highest BCUT2D eigenvalue weighted by molar-refractivity contribution is 5.81. The van der Waals surface area contributed by atoms with Gasteiger partial charge in [-0.1, -0.05) is 0 Å². The monoisotopic (exact) mass is 277 g/mol. The summed E-state index contributed by atoms with van der Waals surface area (Å²) >= 11 is 0. The van der Waals surface area contributed by atoms with Crippen LogP contribution in [0.2, 0.25) is 0 Å². The summed E-state index contributed by atoms with van der Waals surface area (Å²) in [5.74, 6) is 0.446. The predicted octanol–water partition coefficient (Wildman–Crippen LogP) is -0.493. The van der Waals surface area contributed by atoms with Crippen LogP contribution in [0.25, 0.3) is 0 Å². The number of aromatic nitrogens is 2. The molecular weight excluding hydrogens is 258 g/mol. The van der Waals surface area contributed by atoms with E-state index in [-0.39, 0.29) is 17.7 Å². The smallest absolute Gasteiger partial charge is 0.226 e. The molecule has 2 heterocycles. The van der Waals surface area contributed by atoms with Crippen molar-refractivity contribution >= 4 is 17.6 Å². The maximum absolute atomic E-state index is 12.0. The van der Waals surface area contributed by atoms with Crippen LogP contribution in [-0.2, 0) is 9.59 Å². The molecule has 2 rings (SSSR count). The van der Waals surface area contributed by atoms with Crippen LogP contribution in [0, 0.1) is 5.92 Å². The van der Waals surface area contributed by atoms with Crippen LogP contribution in [-0.4, -0.2) is 59.9 Å². The summed E-state index contributed by atoms with van der Waals surface area (Å²) in [5, 5.41) is 2.66. The van der Waals surface area contributed by atoms with Gasteiger partial charge < -0.3 is 15.1 Å². The second kappa shape index (κ2) is 6.31. The van der Waals surface area contributed by atoms with E-state index >= 15 is 0 Å². The Morgan fingerprint density at radius 1 is 1.35 bits per heavy atom. The molecule has 0 aromatic carbocycles. The molecule has 0 bridgehead atoms. The van der Waals surface area contributed by atoms with Crippen molar-refractivity contribution in [1.29, 1.82) is 0 Å². The van der Waals surface area contributed by atoms with E-state index in [1.54, 1.807) is 18.1 Å². The zero-order valence-electron chi connectivity index (χ0n) is 11.7. The molecule has 20 heavy (non-hydrogen) atoms. The first-order valence-electron chi connectivity index (χ1n) is 6.60. The zero-order chi connectivity index (χ0) is 14.5. The molecule has 1 aromatic heterocycles. The van der Waals surface area contributed by atoms with Crippen LogP contribution < -0.4 is 10.2 Å². The fourth-order valence-corrected chi connectivity index (χ4v) is 2.35. The number of nitrogens with zero attached hydrogens (tertiary/aromatic N) is 4. The molecule has 0 aliphatic carbocycles. The average molecular weight is 277 g/mol. The fraction of sp³-hybridized carbons (Fsp3) is 0.538. The lowest BCUT2D eigenvalue weighted by Gasteiger charge is -2.23. The van der Waals surface area contributed by atoms with Gasteiger partial charge in [-0.2, -0.15) is 0 Å². The van der Waals surface area contributed by atoms with Gasteiger partial charge in [-0.3, -0.25) is 9.59 Å². The Labute approximate surface area is 118 Å². The van der Waals surface area contributed by atoms with Crippen molar-refractivity contribution in [3.8, 4) is 0 Å². The van der Waals surface area contributed by atoms with Gasteiger partial charge in [0, 0.05) is 46.3 Å². The van der Waals surface area contributed by atoms with E-state index in [1.807, 2.05) is 11.0 Å². The number of nitrogens with one attached hydrogen (secondary N) is 1. The zero-order valence-corrected chi connectivity index (χ0v) is 11.7. The summed E-state index contributed by atoms with van der Waals surface area (Å²) in [6.07, 6.45) is 3.16. The molecule has 1 fully saturated rings. The lowest BCUT2D eigenvalue weighted by Crippen LogP contribution is -2.41. The highest BCUT2D eigenvalue weighted by Gasteiger charge is 2.28. The molecule has 108 valence electrons. The first kappa shape index (κ1) is 14.2. The average Bonchev–Trinajstić information content (AvgIpc) is 2.70. The van der Waals surface area contributed by atoms with Gasteiger partial charge in [0.1, 0.15) is 12.1 Å². The van der Waals surface area contributed by atoms with Crippen molar-refractivity contribution in [2.24, 2.45) is 5.92 Å². The summed E-state index contributed by atoms with van der Waals surface area (Å²) in [5.41, 5.74) is 0. The lowest BCUT2D eigenvalue weighted by atomic mass is 10.1. The number of carbonyl (C=O) groups is 2. The maximum Gasteiger partial charge on any atom is 0.226 e. The number of rotatable bonds is 2. The van der Waals surface area contributed by atoms with Gasteiger partial charge in [0.05, 0.1) is 5.92 Å². The van der Waals surface area contributed by atoms with E-state index in [0.29, 0.717) is 26.2 Å². The number of amides is 2. The van der Waals surface area contributed by atoms with Gasteiger partial charge in [-0.25, -0.2) is 9.97 Å². The molecule has 1 aliphatic heterocycles. The molecule has 0 spiro atoms. The topological polar surface area (TPSA) is 78.4 Å². The normalized spacial score (nSPS) is 19.4. The minimum Gasteiger partial charge on any atom is -0.359 e. The summed E-state index contributed by atoms with van der Waals surface area (Å²) in [7, 11) is 1.61. The van der Waals surface area contributed by atoms with Crippen LogP contribution in [0.3, 0.4) is 0 Å². The largest absolute Gasteiger partial charge is 0.359 e. The minimum absolute atomic E-state index is 0.0107. The Balaban J connectivity index is 2.20. The third-order valence-corrected chi connectivity index (χ3v) is 3.47. The number of anilines is 1.